The minimum Gasteiger partial charge on any atom is -0.396 e. The van der Waals surface area contributed by atoms with Crippen LogP contribution in [0, 0.1) is 10.1 Å². The molecule has 0 aliphatic heterocycles. The Morgan fingerprint density at radius 2 is 2.03 bits per heavy atom. The predicted octanol–water partition coefficient (Wildman–Crippen LogP) is 2.57. The van der Waals surface area contributed by atoms with Crippen molar-refractivity contribution in [2.45, 2.75) is 16.3 Å². The van der Waals surface area contributed by atoms with Crippen LogP contribution in [0.1, 0.15) is 6.42 Å². The Labute approximate surface area is 185 Å². The van der Waals surface area contributed by atoms with Crippen LogP contribution >= 0.6 is 27.7 Å². The second kappa shape index (κ2) is 9.83. The van der Waals surface area contributed by atoms with Gasteiger partial charge in [0.05, 0.1) is 15.6 Å². The van der Waals surface area contributed by atoms with E-state index in [0.717, 1.165) is 14.8 Å². The summed E-state index contributed by atoms with van der Waals surface area (Å²) in [4.78, 5) is 14.7. The number of fused-ring (bicyclic) bond motifs is 1. The van der Waals surface area contributed by atoms with Gasteiger partial charge >= 0.3 is 0 Å². The molecule has 0 fully saturated rings. The fraction of sp³-hybridized carbons (Fsp3) is 0.294. The second-order valence-corrected chi connectivity index (χ2v) is 9.96. The number of nitro groups is 1. The Hall–Kier alpha value is -2.06. The highest BCUT2D eigenvalue weighted by Gasteiger charge is 2.30. The van der Waals surface area contributed by atoms with Gasteiger partial charge in [-0.15, -0.1) is 11.8 Å². The SMILES string of the molecule is O=[N+]([O-])c1ccccc1S(=O)(=O)N(CCCO)CCSc1ccn2ncc(Br)c2n1. The van der Waals surface area contributed by atoms with E-state index in [1.165, 1.54) is 30.0 Å². The molecular weight excluding hydrogens is 498 g/mol. The number of hydrogen-bond acceptors (Lipinski definition) is 8. The van der Waals surface area contributed by atoms with Gasteiger partial charge in [0.1, 0.15) is 5.03 Å². The van der Waals surface area contributed by atoms with E-state index < -0.39 is 20.6 Å². The average molecular weight is 516 g/mol. The summed E-state index contributed by atoms with van der Waals surface area (Å²) < 4.78 is 29.7. The zero-order chi connectivity index (χ0) is 21.7. The Morgan fingerprint density at radius 3 is 2.77 bits per heavy atom. The molecule has 13 heteroatoms. The van der Waals surface area contributed by atoms with Crippen molar-refractivity contribution >= 4 is 49.0 Å². The third kappa shape index (κ3) is 4.98. The Morgan fingerprint density at radius 1 is 1.27 bits per heavy atom. The fourth-order valence-electron chi connectivity index (χ4n) is 2.72. The van der Waals surface area contributed by atoms with Crippen LogP contribution in [-0.4, -0.2) is 62.8 Å². The van der Waals surface area contributed by atoms with Crippen LogP contribution < -0.4 is 0 Å². The van der Waals surface area contributed by atoms with E-state index in [1.807, 2.05) is 0 Å². The van der Waals surface area contributed by atoms with Gasteiger partial charge < -0.3 is 5.11 Å². The molecule has 0 spiro atoms. The quantitative estimate of drug-likeness (QED) is 0.188. The number of sulfonamides is 1. The maximum atomic E-state index is 13.1. The monoisotopic (exact) mass is 515 g/mol. The van der Waals surface area contributed by atoms with Crippen LogP contribution in [0.25, 0.3) is 5.65 Å². The average Bonchev–Trinajstić information content (AvgIpc) is 3.10. The topological polar surface area (TPSA) is 131 Å². The van der Waals surface area contributed by atoms with Gasteiger partial charge in [0.25, 0.3) is 5.69 Å². The molecule has 1 N–H and O–H groups in total. The first kappa shape index (κ1) is 22.6. The number of rotatable bonds is 10. The molecule has 3 aromatic rings. The van der Waals surface area contributed by atoms with Crippen LogP contribution in [-0.2, 0) is 10.0 Å². The third-order valence-corrected chi connectivity index (χ3v) is 7.55. The lowest BCUT2D eigenvalue weighted by Crippen LogP contribution is -2.34. The molecule has 0 aliphatic rings. The maximum absolute atomic E-state index is 13.1. The van der Waals surface area contributed by atoms with E-state index in [4.69, 9.17) is 5.11 Å². The van der Waals surface area contributed by atoms with Gasteiger partial charge in [-0.1, -0.05) is 12.1 Å². The summed E-state index contributed by atoms with van der Waals surface area (Å²) in [5.74, 6) is 0.375. The molecule has 160 valence electrons. The van der Waals surface area contributed by atoms with E-state index in [0.29, 0.717) is 16.4 Å². The second-order valence-electron chi connectivity index (χ2n) is 6.08. The molecule has 0 amide bonds. The van der Waals surface area contributed by atoms with Gasteiger partial charge in [-0.3, -0.25) is 10.1 Å². The molecule has 0 saturated carbocycles. The molecule has 0 radical (unpaired) electrons. The highest BCUT2D eigenvalue weighted by molar-refractivity contribution is 9.10. The number of nitrogens with zero attached hydrogens (tertiary/aromatic N) is 5. The molecule has 3 rings (SSSR count). The molecule has 0 aliphatic carbocycles. The van der Waals surface area contributed by atoms with Gasteiger partial charge in [0.2, 0.25) is 10.0 Å². The van der Waals surface area contributed by atoms with Gasteiger partial charge in [-0.05, 0) is 34.5 Å². The minimum absolute atomic E-state index is 0.0477. The van der Waals surface area contributed by atoms with Crippen LogP contribution in [0.5, 0.6) is 0 Å². The number of halogens is 1. The summed E-state index contributed by atoms with van der Waals surface area (Å²) >= 11 is 4.73. The van der Waals surface area contributed by atoms with Crippen molar-refractivity contribution in [3.05, 3.63) is 57.3 Å². The van der Waals surface area contributed by atoms with E-state index in [1.54, 1.807) is 23.0 Å². The highest BCUT2D eigenvalue weighted by Crippen LogP contribution is 2.27. The standard InChI is InChI=1S/C17H18BrN5O5S2/c18-13-12-19-22-8-6-16(20-17(13)22)29-11-9-21(7-3-10-24)30(27,28)15-5-2-1-4-14(15)23(25)26/h1-2,4-6,8,12,24H,3,7,9-11H2. The first-order chi connectivity index (χ1) is 14.3. The number of nitro benzene ring substituents is 1. The largest absolute Gasteiger partial charge is 0.396 e. The summed E-state index contributed by atoms with van der Waals surface area (Å²) in [5.41, 5.74) is 0.168. The first-order valence-electron chi connectivity index (χ1n) is 8.81. The molecule has 10 nitrogen and oxygen atoms in total. The van der Waals surface area contributed by atoms with Crippen LogP contribution in [0.3, 0.4) is 0 Å². The zero-order valence-corrected chi connectivity index (χ0v) is 18.8. The Kier molecular flexibility index (Phi) is 7.41. The van der Waals surface area contributed by atoms with Crippen molar-refractivity contribution in [3.63, 3.8) is 0 Å². The lowest BCUT2D eigenvalue weighted by Gasteiger charge is -2.21. The summed E-state index contributed by atoms with van der Waals surface area (Å²) in [6.45, 7) is -0.0398. The summed E-state index contributed by atoms with van der Waals surface area (Å²) in [6.07, 6.45) is 3.60. The molecule has 30 heavy (non-hydrogen) atoms. The van der Waals surface area contributed by atoms with Gasteiger partial charge in [0.15, 0.2) is 10.5 Å². The number of hydrogen-bond donors (Lipinski definition) is 1. The number of aliphatic hydroxyl groups excluding tert-OH is 1. The molecule has 0 unspecified atom stereocenters. The van der Waals surface area contributed by atoms with Gasteiger partial charge in [-0.2, -0.15) is 9.40 Å². The highest BCUT2D eigenvalue weighted by atomic mass is 79.9. The lowest BCUT2D eigenvalue weighted by molar-refractivity contribution is -0.387. The smallest absolute Gasteiger partial charge is 0.289 e. The molecular formula is C17H18BrN5O5S2. The van der Waals surface area contributed by atoms with E-state index >= 15 is 0 Å². The number of benzene rings is 1. The normalized spacial score (nSPS) is 12.0. The predicted molar refractivity (Wildman–Crippen MR) is 115 cm³/mol. The fourth-order valence-corrected chi connectivity index (χ4v) is 5.66. The van der Waals surface area contributed by atoms with Gasteiger partial charge in [-0.25, -0.2) is 17.9 Å². The third-order valence-electron chi connectivity index (χ3n) is 4.14. The van der Waals surface area contributed by atoms with Crippen LogP contribution in [0.4, 0.5) is 5.69 Å². The van der Waals surface area contributed by atoms with Crippen molar-refractivity contribution in [1.82, 2.24) is 18.9 Å². The molecule has 0 bridgehead atoms. The summed E-state index contributed by atoms with van der Waals surface area (Å²) in [5, 5.41) is 25.2. The van der Waals surface area contributed by atoms with Crippen molar-refractivity contribution in [2.24, 2.45) is 0 Å². The molecule has 0 atom stereocenters. The van der Waals surface area contributed by atoms with Gasteiger partial charge in [0, 0.05) is 37.7 Å². The molecule has 2 heterocycles. The van der Waals surface area contributed by atoms with E-state index in [9.17, 15) is 18.5 Å². The molecule has 0 saturated heterocycles. The van der Waals surface area contributed by atoms with E-state index in [2.05, 4.69) is 26.0 Å². The molecule has 2 aromatic heterocycles. The van der Waals surface area contributed by atoms with E-state index in [-0.39, 0.29) is 31.0 Å². The van der Waals surface area contributed by atoms with Crippen LogP contribution in [0.2, 0.25) is 0 Å². The van der Waals surface area contributed by atoms with Crippen molar-refractivity contribution in [2.75, 3.05) is 25.4 Å². The number of thioether (sulfide) groups is 1. The van der Waals surface area contributed by atoms with Crippen LogP contribution in [0.15, 0.2) is 57.1 Å². The number of aromatic nitrogens is 3. The lowest BCUT2D eigenvalue weighted by atomic mass is 10.3. The minimum atomic E-state index is -4.11. The zero-order valence-electron chi connectivity index (χ0n) is 15.6. The van der Waals surface area contributed by atoms with Crippen molar-refractivity contribution in [1.29, 1.82) is 0 Å². The maximum Gasteiger partial charge on any atom is 0.289 e. The Bertz CT molecular complexity index is 1150. The summed E-state index contributed by atoms with van der Waals surface area (Å²) in [6, 6.07) is 7.02. The molecule has 1 aromatic carbocycles. The first-order valence-corrected chi connectivity index (χ1v) is 12.0. The van der Waals surface area contributed by atoms with Crippen molar-refractivity contribution in [3.8, 4) is 0 Å². The number of aliphatic hydroxyl groups is 1. The van der Waals surface area contributed by atoms with Crippen molar-refractivity contribution < 1.29 is 18.4 Å². The summed E-state index contributed by atoms with van der Waals surface area (Å²) in [7, 11) is -4.11. The number of para-hydroxylation sites is 1. The Balaban J connectivity index is 1.78.